The fourth-order valence-corrected chi connectivity index (χ4v) is 0. The quantitative estimate of drug-likeness (QED) is 0.238. The number of rotatable bonds is 0. The van der Waals surface area contributed by atoms with Crippen LogP contribution in [0.3, 0.4) is 0 Å². The summed E-state index contributed by atoms with van der Waals surface area (Å²) in [6.07, 6.45) is 3.79. The van der Waals surface area contributed by atoms with Gasteiger partial charge in [0.1, 0.15) is 0 Å². The molecule has 0 aromatic heterocycles. The van der Waals surface area contributed by atoms with Gasteiger partial charge >= 0.3 is 18.9 Å². The van der Waals surface area contributed by atoms with Crippen LogP contribution in [0.5, 0.6) is 0 Å². The predicted molar refractivity (Wildman–Crippen MR) is 20.2 cm³/mol. The van der Waals surface area contributed by atoms with E-state index in [0.717, 1.165) is 6.26 Å². The first-order valence-electron chi connectivity index (χ1n) is 1.03. The number of hydrogen-bond acceptors (Lipinski definition) is 2. The van der Waals surface area contributed by atoms with Crippen molar-refractivity contribution < 1.29 is 27.3 Å². The maximum atomic E-state index is 9.52. The van der Waals surface area contributed by atoms with Crippen LogP contribution < -0.4 is 18.9 Å². The van der Waals surface area contributed by atoms with Crippen molar-refractivity contribution in [3.63, 3.8) is 0 Å². The Morgan fingerprint density at radius 1 is 1.50 bits per heavy atom. The third-order valence-corrected chi connectivity index (χ3v) is 0. The first-order valence-corrected chi connectivity index (χ1v) is 3.09. The van der Waals surface area contributed by atoms with Gasteiger partial charge in [-0.25, -0.2) is 6.26 Å². The third-order valence-electron chi connectivity index (χ3n) is 0. The average molecular weight is 100 g/mol. The van der Waals surface area contributed by atoms with Crippen molar-refractivity contribution in [2.75, 3.05) is 6.26 Å². The molecule has 0 amide bonds. The molecule has 0 rings (SSSR count). The minimum absolute atomic E-state index is 0. The molecule has 0 saturated carbocycles. The molecule has 0 aliphatic carbocycles. The zero-order valence-corrected chi connectivity index (χ0v) is 4.75. The van der Waals surface area contributed by atoms with Crippen molar-refractivity contribution in [1.82, 2.24) is 0 Å². The fraction of sp³-hybridized carbons (Fsp3) is 0.500. The topological polar surface area (TPSA) is 34.1 Å². The van der Waals surface area contributed by atoms with E-state index in [1.54, 1.807) is 0 Å². The van der Waals surface area contributed by atoms with E-state index in [2.05, 4.69) is 6.26 Å². The molecule has 0 unspecified atom stereocenters. The van der Waals surface area contributed by atoms with E-state index < -0.39 is 9.84 Å². The van der Waals surface area contributed by atoms with E-state index >= 15 is 0 Å². The van der Waals surface area contributed by atoms with Crippen LogP contribution in [0, 0.1) is 6.26 Å². The summed E-state index contributed by atoms with van der Waals surface area (Å²) in [5.41, 5.74) is 0. The molecule has 0 N–H and O–H groups in total. The van der Waals surface area contributed by atoms with Crippen molar-refractivity contribution in [2.24, 2.45) is 0 Å². The molecule has 0 atom stereocenters. The molecule has 0 saturated heterocycles. The zero-order valence-electron chi connectivity index (χ0n) is 3.93. The molecule has 4 heteroatoms. The molecule has 0 heterocycles. The normalized spacial score (nSPS) is 9.67. The first kappa shape index (κ1) is 9.74. The summed E-state index contributed by atoms with van der Waals surface area (Å²) in [5, 5.41) is 0. The van der Waals surface area contributed by atoms with Gasteiger partial charge < -0.3 is 0 Å². The second kappa shape index (κ2) is 2.68. The Hall–Kier alpha value is 0.547. The summed E-state index contributed by atoms with van der Waals surface area (Å²) in [4.78, 5) is 0. The first-order chi connectivity index (χ1) is 2.00. The van der Waals surface area contributed by atoms with Crippen LogP contribution in [0.4, 0.5) is 0 Å². The van der Waals surface area contributed by atoms with Gasteiger partial charge in [0.05, 0.1) is 0 Å². The third kappa shape index (κ3) is 191. The van der Waals surface area contributed by atoms with Crippen LogP contribution in [0.15, 0.2) is 0 Å². The molecule has 0 radical (unpaired) electrons. The molecule has 0 aliphatic heterocycles. The smallest absolute Gasteiger partial charge is 0.263 e. The monoisotopic (exact) mass is 100 g/mol. The van der Waals surface area contributed by atoms with Crippen LogP contribution in [-0.2, 0) is 9.84 Å². The standard InChI is InChI=1S/C2H5O2S.Li/c1-5(2,3)4;/h1H2,2H3;/q-1;+1. The molecule has 0 aliphatic rings. The minimum Gasteiger partial charge on any atom is -0.263 e. The van der Waals surface area contributed by atoms with Crippen LogP contribution in [-0.4, -0.2) is 14.7 Å². The van der Waals surface area contributed by atoms with Crippen molar-refractivity contribution in [3.05, 3.63) is 6.26 Å². The summed E-state index contributed by atoms with van der Waals surface area (Å²) in [7, 11) is -2.92. The Labute approximate surface area is 50.0 Å². The van der Waals surface area contributed by atoms with Gasteiger partial charge in [-0.3, -0.25) is 8.42 Å². The Bertz CT molecular complexity index is 94.7. The van der Waals surface area contributed by atoms with Crippen molar-refractivity contribution in [1.29, 1.82) is 0 Å². The maximum absolute atomic E-state index is 9.52. The summed E-state index contributed by atoms with van der Waals surface area (Å²) < 4.78 is 19.0. The van der Waals surface area contributed by atoms with Crippen molar-refractivity contribution >= 4 is 9.84 Å². The van der Waals surface area contributed by atoms with Crippen molar-refractivity contribution in [3.8, 4) is 0 Å². The van der Waals surface area contributed by atoms with Gasteiger partial charge in [-0.05, 0) is 0 Å². The molecule has 32 valence electrons. The second-order valence-electron chi connectivity index (χ2n) is 0.926. The summed E-state index contributed by atoms with van der Waals surface area (Å²) >= 11 is 0. The van der Waals surface area contributed by atoms with Gasteiger partial charge in [0.2, 0.25) is 0 Å². The van der Waals surface area contributed by atoms with Gasteiger partial charge in [0.15, 0.2) is 0 Å². The van der Waals surface area contributed by atoms with E-state index in [0.29, 0.717) is 0 Å². The molecule has 2 nitrogen and oxygen atoms in total. The molecule has 0 spiro atoms. The van der Waals surface area contributed by atoms with Gasteiger partial charge in [-0.2, -0.15) is 0 Å². The van der Waals surface area contributed by atoms with Gasteiger partial charge in [0.25, 0.3) is 0 Å². The van der Waals surface area contributed by atoms with E-state index in [-0.39, 0.29) is 18.9 Å². The van der Waals surface area contributed by atoms with E-state index in [9.17, 15) is 8.42 Å². The Morgan fingerprint density at radius 3 is 1.50 bits per heavy atom. The van der Waals surface area contributed by atoms with Gasteiger partial charge in [-0.15, -0.1) is 0 Å². The largest absolute Gasteiger partial charge is 1.00 e. The second-order valence-corrected chi connectivity index (χ2v) is 2.78. The van der Waals surface area contributed by atoms with Crippen LogP contribution >= 0.6 is 0 Å². The molecule has 0 aromatic carbocycles. The molecule has 0 aromatic rings. The van der Waals surface area contributed by atoms with E-state index in [1.165, 1.54) is 0 Å². The Kier molecular flexibility index (Phi) is 4.35. The summed E-state index contributed by atoms with van der Waals surface area (Å²) in [5.74, 6) is 0. The number of hydrogen-bond donors (Lipinski definition) is 0. The molecular formula is C2H5LiO2S. The Morgan fingerprint density at radius 2 is 1.50 bits per heavy atom. The predicted octanol–water partition coefficient (Wildman–Crippen LogP) is -3.17. The van der Waals surface area contributed by atoms with E-state index in [1.807, 2.05) is 0 Å². The van der Waals surface area contributed by atoms with Crippen LogP contribution in [0.25, 0.3) is 0 Å². The minimum atomic E-state index is -2.92. The van der Waals surface area contributed by atoms with Crippen molar-refractivity contribution in [2.45, 2.75) is 0 Å². The zero-order chi connectivity index (χ0) is 4.50. The molecule has 0 bridgehead atoms. The van der Waals surface area contributed by atoms with Crippen LogP contribution in [0.1, 0.15) is 0 Å². The summed E-state index contributed by atoms with van der Waals surface area (Å²) in [6.45, 7) is 0. The summed E-state index contributed by atoms with van der Waals surface area (Å²) in [6, 6.07) is 0. The molecule has 0 fully saturated rings. The van der Waals surface area contributed by atoms with Gasteiger partial charge in [0, 0.05) is 16.1 Å². The SMILES string of the molecule is [CH2-]S(C)(=O)=O.[Li+]. The van der Waals surface area contributed by atoms with E-state index in [4.69, 9.17) is 0 Å². The molecular weight excluding hydrogens is 95.0 g/mol. The fourth-order valence-electron chi connectivity index (χ4n) is 0. The van der Waals surface area contributed by atoms with Gasteiger partial charge in [-0.1, -0.05) is 0 Å². The number of sulfone groups is 1. The average Bonchev–Trinajstić information content (AvgIpc) is 0.722. The maximum Gasteiger partial charge on any atom is 1.00 e. The van der Waals surface area contributed by atoms with Crippen LogP contribution in [0.2, 0.25) is 0 Å². The Balaban J connectivity index is 0. The molecule has 6 heavy (non-hydrogen) atoms.